The number of carbonyl (C=O) groups is 1. The van der Waals surface area contributed by atoms with Crippen LogP contribution >= 0.6 is 11.3 Å². The molecule has 2 aromatic heterocycles. The van der Waals surface area contributed by atoms with Gasteiger partial charge in [0.15, 0.2) is 5.76 Å². The van der Waals surface area contributed by atoms with Crippen LogP contribution in [0.4, 0.5) is 0 Å². The monoisotopic (exact) mass is 733 g/mol. The lowest BCUT2D eigenvalue weighted by Gasteiger charge is -2.71. The Hall–Kier alpha value is -3.22. The molecule has 0 radical (unpaired) electrons. The number of benzene rings is 1. The van der Waals surface area contributed by atoms with Gasteiger partial charge in [-0.15, -0.1) is 11.3 Å². The Kier molecular flexibility index (Phi) is 8.13. The minimum Gasteiger partial charge on any atom is -0.497 e. The normalized spacial score (nSPS) is 36.7. The number of sulfonamides is 1. The number of furan rings is 1. The van der Waals surface area contributed by atoms with Crippen LogP contribution in [0.2, 0.25) is 0 Å². The SMILES string of the molecule is COc1ccc(CN(CC2(O)CCC3C45C=CC6(C=C4C(=O)c4ccco4)CC(O)CCC6(C)C5CCC32C)S(=O)(=O)c2cccs2)c(OC)c1. The van der Waals surface area contributed by atoms with Gasteiger partial charge in [-0.05, 0) is 91.8 Å². The molecular weight excluding hydrogens is 687 g/mol. The first-order chi connectivity index (χ1) is 24.3. The quantitative estimate of drug-likeness (QED) is 0.168. The summed E-state index contributed by atoms with van der Waals surface area (Å²) in [4.78, 5) is 14.5. The molecule has 2 spiro atoms. The molecule has 1 aromatic carbocycles. The van der Waals surface area contributed by atoms with Crippen molar-refractivity contribution in [2.75, 3.05) is 20.8 Å². The Morgan fingerprint density at radius 1 is 1.00 bits per heavy atom. The highest BCUT2D eigenvalue weighted by Crippen LogP contribution is 2.78. The third-order valence-corrected chi connectivity index (χ3v) is 17.2. The molecule has 51 heavy (non-hydrogen) atoms. The van der Waals surface area contributed by atoms with E-state index in [1.165, 1.54) is 10.6 Å². The summed E-state index contributed by atoms with van der Waals surface area (Å²) in [6.07, 6.45) is 12.3. The molecule has 2 heterocycles. The van der Waals surface area contributed by atoms with Gasteiger partial charge in [0.2, 0.25) is 5.78 Å². The molecule has 9 nitrogen and oxygen atoms in total. The Labute approximate surface area is 304 Å². The number of fused-ring (bicyclic) bond motifs is 1. The van der Waals surface area contributed by atoms with Gasteiger partial charge in [0, 0.05) is 46.5 Å². The number of hydrogen-bond acceptors (Lipinski definition) is 9. The van der Waals surface area contributed by atoms with Gasteiger partial charge in [-0.2, -0.15) is 4.31 Å². The minimum absolute atomic E-state index is 0.00478. The number of methoxy groups -OCH3 is 2. The van der Waals surface area contributed by atoms with Crippen LogP contribution in [0.1, 0.15) is 74.9 Å². The zero-order valence-electron chi connectivity index (χ0n) is 29.6. The van der Waals surface area contributed by atoms with Gasteiger partial charge < -0.3 is 24.1 Å². The fourth-order valence-corrected chi connectivity index (χ4v) is 14.0. The van der Waals surface area contributed by atoms with E-state index in [0.29, 0.717) is 54.7 Å². The zero-order valence-corrected chi connectivity index (χ0v) is 31.3. The summed E-state index contributed by atoms with van der Waals surface area (Å²) in [5, 5.41) is 25.8. The number of aliphatic hydroxyl groups is 2. The maximum absolute atomic E-state index is 14.5. The Morgan fingerprint density at radius 2 is 1.76 bits per heavy atom. The average Bonchev–Trinajstić information content (AvgIpc) is 3.90. The number of nitrogens with zero attached hydrogens (tertiary/aromatic N) is 1. The van der Waals surface area contributed by atoms with E-state index >= 15 is 0 Å². The van der Waals surface area contributed by atoms with Crippen molar-refractivity contribution in [3.8, 4) is 11.5 Å². The number of carbonyl (C=O) groups excluding carboxylic acids is 1. The second-order valence-electron chi connectivity index (χ2n) is 16.0. The molecule has 3 saturated carbocycles. The molecule has 2 bridgehead atoms. The zero-order chi connectivity index (χ0) is 36.0. The number of aliphatic hydroxyl groups excluding tert-OH is 1. The van der Waals surface area contributed by atoms with Crippen molar-refractivity contribution < 1.29 is 37.3 Å². The van der Waals surface area contributed by atoms with E-state index in [-0.39, 0.29) is 46.1 Å². The molecule has 2 N–H and O–H groups in total. The van der Waals surface area contributed by atoms with Crippen molar-refractivity contribution >= 4 is 27.1 Å². The number of thiophene rings is 1. The average molecular weight is 734 g/mol. The van der Waals surface area contributed by atoms with Gasteiger partial charge in [-0.1, -0.05) is 44.2 Å². The summed E-state index contributed by atoms with van der Waals surface area (Å²) < 4.78 is 47.3. The summed E-state index contributed by atoms with van der Waals surface area (Å²) in [5.41, 5.74) is -2.10. The Balaban J connectivity index is 1.22. The standard InChI is InChI=1S/C40H47NO8S2/c1-36-14-11-27(42)22-38(36)17-18-40(29(23-38)35(43)30-7-5-19-49-30)32(36)12-15-37(2)33(40)13-16-39(37,44)25-41(51(45,46)34-8-6-20-50-34)24-26-9-10-28(47-3)21-31(26)48-4/h5-10,17-21,23,27,32-33,42,44H,11-16,22,24-25H2,1-4H3. The topological polar surface area (TPSA) is 127 Å². The highest BCUT2D eigenvalue weighted by molar-refractivity contribution is 7.91. The fraction of sp³-hybridized carbons (Fsp3) is 0.525. The van der Waals surface area contributed by atoms with Gasteiger partial charge in [-0.3, -0.25) is 4.79 Å². The first-order valence-electron chi connectivity index (χ1n) is 17.9. The van der Waals surface area contributed by atoms with Crippen LogP contribution in [0.25, 0.3) is 0 Å². The van der Waals surface area contributed by atoms with Gasteiger partial charge >= 0.3 is 0 Å². The third-order valence-electron chi connectivity index (χ3n) is 14.1. The number of rotatable bonds is 10. The van der Waals surface area contributed by atoms with Gasteiger partial charge in [0.25, 0.3) is 10.0 Å². The second kappa shape index (κ2) is 11.9. The van der Waals surface area contributed by atoms with E-state index in [9.17, 15) is 23.4 Å². The molecule has 272 valence electrons. The number of allylic oxidation sites excluding steroid dienone is 4. The number of ketones is 1. The second-order valence-corrected chi connectivity index (χ2v) is 19.1. The molecule has 0 aliphatic heterocycles. The van der Waals surface area contributed by atoms with Crippen molar-refractivity contribution in [2.24, 2.45) is 33.5 Å². The lowest BCUT2D eigenvalue weighted by Crippen LogP contribution is -2.67. The summed E-state index contributed by atoms with van der Waals surface area (Å²) in [5.74, 6) is 1.19. The Morgan fingerprint density at radius 3 is 2.47 bits per heavy atom. The van der Waals surface area contributed by atoms with Crippen molar-refractivity contribution in [1.82, 2.24) is 4.31 Å². The van der Waals surface area contributed by atoms with Gasteiger partial charge in [-0.25, -0.2) is 8.42 Å². The molecule has 0 amide bonds. The molecule has 6 aliphatic carbocycles. The van der Waals surface area contributed by atoms with E-state index < -0.39 is 38.0 Å². The van der Waals surface area contributed by atoms with Crippen LogP contribution in [0.5, 0.6) is 11.5 Å². The molecule has 6 aliphatic rings. The van der Waals surface area contributed by atoms with Crippen LogP contribution in [-0.4, -0.2) is 61.2 Å². The minimum atomic E-state index is -4.02. The maximum atomic E-state index is 14.5. The smallest absolute Gasteiger partial charge is 0.252 e. The van der Waals surface area contributed by atoms with E-state index in [4.69, 9.17) is 13.9 Å². The van der Waals surface area contributed by atoms with Gasteiger partial charge in [0.05, 0.1) is 32.2 Å². The molecule has 11 heteroatoms. The summed E-state index contributed by atoms with van der Waals surface area (Å²) >= 11 is 1.16. The molecule has 8 atom stereocenters. The van der Waals surface area contributed by atoms with Crippen LogP contribution in [0.15, 0.2) is 86.5 Å². The molecule has 8 unspecified atom stereocenters. The molecular formula is C40H47NO8S2. The van der Waals surface area contributed by atoms with Crippen LogP contribution in [-0.2, 0) is 16.6 Å². The molecule has 0 saturated heterocycles. The van der Waals surface area contributed by atoms with Crippen LogP contribution < -0.4 is 9.47 Å². The van der Waals surface area contributed by atoms with Crippen molar-refractivity contribution in [2.45, 2.75) is 81.3 Å². The van der Waals surface area contributed by atoms with Crippen molar-refractivity contribution in [1.29, 1.82) is 0 Å². The molecule has 9 rings (SSSR count). The van der Waals surface area contributed by atoms with Crippen molar-refractivity contribution in [3.05, 3.63) is 89.2 Å². The number of hydrogen-bond donors (Lipinski definition) is 2. The molecule has 3 aromatic rings. The van der Waals surface area contributed by atoms with Crippen molar-refractivity contribution in [3.63, 3.8) is 0 Å². The highest BCUT2D eigenvalue weighted by Gasteiger charge is 2.74. The van der Waals surface area contributed by atoms with Crippen LogP contribution in [0.3, 0.4) is 0 Å². The largest absolute Gasteiger partial charge is 0.497 e. The molecule has 3 fully saturated rings. The fourth-order valence-electron chi connectivity index (χ4n) is 11.4. The lowest BCUT2D eigenvalue weighted by atomic mass is 9.32. The predicted molar refractivity (Wildman–Crippen MR) is 193 cm³/mol. The Bertz CT molecular complexity index is 2010. The van der Waals surface area contributed by atoms with E-state index in [2.05, 4.69) is 32.1 Å². The first-order valence-corrected chi connectivity index (χ1v) is 20.3. The first kappa shape index (κ1) is 34.8. The third kappa shape index (κ3) is 4.80. The summed E-state index contributed by atoms with van der Waals surface area (Å²) in [6.45, 7) is 4.34. The van der Waals surface area contributed by atoms with E-state index in [0.717, 1.165) is 24.2 Å². The number of Topliss-reactive ketones (excluding diaryl/α,β-unsaturated/α-hetero) is 1. The summed E-state index contributed by atoms with van der Waals surface area (Å²) in [7, 11) is -0.907. The van der Waals surface area contributed by atoms with E-state index in [1.54, 1.807) is 56.0 Å². The number of ether oxygens (including phenoxy) is 2. The lowest BCUT2D eigenvalue weighted by molar-refractivity contribution is -0.174. The maximum Gasteiger partial charge on any atom is 0.252 e. The van der Waals surface area contributed by atoms with Crippen LogP contribution in [0, 0.1) is 33.5 Å². The van der Waals surface area contributed by atoms with Gasteiger partial charge in [0.1, 0.15) is 15.7 Å². The predicted octanol–water partition coefficient (Wildman–Crippen LogP) is 7.02. The van der Waals surface area contributed by atoms with E-state index in [1.807, 2.05) is 6.07 Å². The summed E-state index contributed by atoms with van der Waals surface area (Å²) in [6, 6.07) is 12.1. The highest BCUT2D eigenvalue weighted by atomic mass is 32.2.